The molecule has 9 heteroatoms. The second kappa shape index (κ2) is 5.45. The minimum Gasteiger partial charge on any atom is -0.473 e. The molecular formula is C13H13ClN4O4. The number of fused-ring (bicyclic) bond motifs is 1. The van der Waals surface area contributed by atoms with Gasteiger partial charge in [0.05, 0.1) is 5.02 Å². The molecule has 0 amide bonds. The van der Waals surface area contributed by atoms with Crippen molar-refractivity contribution in [1.29, 1.82) is 0 Å². The SMILES string of the molecule is CC1(COc2ccc(Cl)cn2)CCn2cc([N+](=O)[O-])nc2O1. The molecule has 0 aromatic carbocycles. The Kier molecular flexibility index (Phi) is 3.61. The third kappa shape index (κ3) is 2.96. The molecule has 0 bridgehead atoms. The Morgan fingerprint density at radius 2 is 2.41 bits per heavy atom. The van der Waals surface area contributed by atoms with Gasteiger partial charge in [0.25, 0.3) is 0 Å². The summed E-state index contributed by atoms with van der Waals surface area (Å²) in [4.78, 5) is 18.1. The summed E-state index contributed by atoms with van der Waals surface area (Å²) in [5, 5.41) is 11.3. The first-order valence-electron chi connectivity index (χ1n) is 6.60. The van der Waals surface area contributed by atoms with Gasteiger partial charge in [-0.1, -0.05) is 11.6 Å². The number of halogens is 1. The van der Waals surface area contributed by atoms with Gasteiger partial charge in [-0.3, -0.25) is 4.57 Å². The highest BCUT2D eigenvalue weighted by molar-refractivity contribution is 6.30. The van der Waals surface area contributed by atoms with E-state index in [0.717, 1.165) is 0 Å². The first-order chi connectivity index (χ1) is 10.5. The van der Waals surface area contributed by atoms with Crippen LogP contribution in [0, 0.1) is 10.1 Å². The zero-order chi connectivity index (χ0) is 15.7. The fraction of sp³-hybridized carbons (Fsp3) is 0.385. The van der Waals surface area contributed by atoms with E-state index in [-0.39, 0.29) is 18.4 Å². The minimum absolute atomic E-state index is 0.223. The van der Waals surface area contributed by atoms with Crippen LogP contribution >= 0.6 is 11.6 Å². The monoisotopic (exact) mass is 324 g/mol. The molecule has 0 fully saturated rings. The molecule has 3 rings (SSSR count). The van der Waals surface area contributed by atoms with Crippen LogP contribution in [0.2, 0.25) is 5.02 Å². The standard InChI is InChI=1S/C13H13ClN4O4/c1-13(8-21-11-3-2-9(14)6-15-11)4-5-17-7-10(18(19)20)16-12(17)22-13/h2-3,6-7H,4-5,8H2,1H3. The molecule has 8 nitrogen and oxygen atoms in total. The Hall–Kier alpha value is -2.35. The summed E-state index contributed by atoms with van der Waals surface area (Å²) in [7, 11) is 0. The van der Waals surface area contributed by atoms with Gasteiger partial charge in [-0.2, -0.15) is 0 Å². The molecule has 2 aromatic heterocycles. The number of rotatable bonds is 4. The van der Waals surface area contributed by atoms with Crippen LogP contribution in [0.15, 0.2) is 24.5 Å². The molecule has 0 spiro atoms. The van der Waals surface area contributed by atoms with Crippen LogP contribution in [-0.2, 0) is 6.54 Å². The molecule has 2 aromatic rings. The fourth-order valence-electron chi connectivity index (χ4n) is 2.12. The van der Waals surface area contributed by atoms with Gasteiger partial charge >= 0.3 is 11.8 Å². The molecule has 22 heavy (non-hydrogen) atoms. The van der Waals surface area contributed by atoms with Crippen molar-refractivity contribution in [2.75, 3.05) is 6.61 Å². The third-order valence-electron chi connectivity index (χ3n) is 3.36. The molecule has 0 radical (unpaired) electrons. The maximum absolute atomic E-state index is 10.7. The summed E-state index contributed by atoms with van der Waals surface area (Å²) in [6.07, 6.45) is 3.51. The quantitative estimate of drug-likeness (QED) is 0.633. The van der Waals surface area contributed by atoms with Crippen LogP contribution in [0.4, 0.5) is 5.82 Å². The van der Waals surface area contributed by atoms with Gasteiger partial charge in [-0.05, 0) is 17.9 Å². The van der Waals surface area contributed by atoms with Crippen molar-refractivity contribution >= 4 is 17.4 Å². The number of pyridine rings is 1. The maximum atomic E-state index is 10.7. The van der Waals surface area contributed by atoms with Crippen molar-refractivity contribution in [2.45, 2.75) is 25.5 Å². The predicted octanol–water partition coefficient (Wildman–Crippen LogP) is 2.46. The molecule has 0 N–H and O–H groups in total. The summed E-state index contributed by atoms with van der Waals surface area (Å²) in [5.41, 5.74) is -0.628. The van der Waals surface area contributed by atoms with E-state index in [2.05, 4.69) is 9.97 Å². The molecule has 0 aliphatic carbocycles. The lowest BCUT2D eigenvalue weighted by Gasteiger charge is -2.32. The lowest BCUT2D eigenvalue weighted by atomic mass is 10.0. The molecule has 3 heterocycles. The average Bonchev–Trinajstić information content (AvgIpc) is 2.90. The number of nitrogens with zero attached hydrogens (tertiary/aromatic N) is 4. The Bertz CT molecular complexity index is 703. The molecule has 0 saturated carbocycles. The van der Waals surface area contributed by atoms with Crippen LogP contribution in [-0.4, -0.2) is 31.7 Å². The highest BCUT2D eigenvalue weighted by Crippen LogP contribution is 2.30. The summed E-state index contributed by atoms with van der Waals surface area (Å²) in [5.74, 6) is 0.216. The number of aryl methyl sites for hydroxylation is 1. The second-order valence-electron chi connectivity index (χ2n) is 5.24. The Morgan fingerprint density at radius 3 is 3.09 bits per heavy atom. The van der Waals surface area contributed by atoms with Crippen molar-refractivity contribution < 1.29 is 14.4 Å². The van der Waals surface area contributed by atoms with Gasteiger partial charge in [-0.25, -0.2) is 4.98 Å². The first kappa shape index (κ1) is 14.6. The van der Waals surface area contributed by atoms with Gasteiger partial charge in [0.1, 0.15) is 18.4 Å². The Balaban J connectivity index is 1.69. The summed E-state index contributed by atoms with van der Waals surface area (Å²) >= 11 is 5.76. The number of aromatic nitrogens is 3. The Labute approximate surface area is 130 Å². The zero-order valence-corrected chi connectivity index (χ0v) is 12.5. The van der Waals surface area contributed by atoms with Gasteiger partial charge in [0.2, 0.25) is 5.88 Å². The van der Waals surface area contributed by atoms with Crippen LogP contribution in [0.5, 0.6) is 11.9 Å². The maximum Gasteiger partial charge on any atom is 0.414 e. The van der Waals surface area contributed by atoms with Crippen LogP contribution in [0.1, 0.15) is 13.3 Å². The molecule has 1 atom stereocenters. The summed E-state index contributed by atoms with van der Waals surface area (Å²) in [6, 6.07) is 3.58. The number of ether oxygens (including phenoxy) is 2. The highest BCUT2D eigenvalue weighted by Gasteiger charge is 2.37. The number of hydrogen-bond donors (Lipinski definition) is 0. The van der Waals surface area contributed by atoms with E-state index in [1.54, 1.807) is 16.7 Å². The average molecular weight is 325 g/mol. The molecule has 0 saturated heterocycles. The smallest absolute Gasteiger partial charge is 0.414 e. The van der Waals surface area contributed by atoms with E-state index in [1.165, 1.54) is 12.4 Å². The van der Waals surface area contributed by atoms with Gasteiger partial charge in [-0.15, -0.1) is 0 Å². The second-order valence-corrected chi connectivity index (χ2v) is 5.67. The van der Waals surface area contributed by atoms with E-state index >= 15 is 0 Å². The zero-order valence-electron chi connectivity index (χ0n) is 11.7. The number of imidazole rings is 1. The fourth-order valence-corrected chi connectivity index (χ4v) is 2.23. The largest absolute Gasteiger partial charge is 0.473 e. The minimum atomic E-state index is -0.628. The number of nitro groups is 1. The first-order valence-corrected chi connectivity index (χ1v) is 6.98. The normalized spacial score (nSPS) is 20.1. The van der Waals surface area contributed by atoms with E-state index in [4.69, 9.17) is 21.1 Å². The molecule has 1 aliphatic rings. The lowest BCUT2D eigenvalue weighted by Crippen LogP contribution is -2.43. The van der Waals surface area contributed by atoms with E-state index in [0.29, 0.717) is 23.9 Å². The molecule has 1 aliphatic heterocycles. The third-order valence-corrected chi connectivity index (χ3v) is 3.58. The van der Waals surface area contributed by atoms with Crippen molar-refractivity contribution in [1.82, 2.24) is 14.5 Å². The summed E-state index contributed by atoms with van der Waals surface area (Å²) < 4.78 is 13.0. The van der Waals surface area contributed by atoms with Crippen molar-refractivity contribution in [2.24, 2.45) is 0 Å². The predicted molar refractivity (Wildman–Crippen MR) is 77.3 cm³/mol. The van der Waals surface area contributed by atoms with Crippen molar-refractivity contribution in [3.63, 3.8) is 0 Å². The topological polar surface area (TPSA) is 92.3 Å². The Morgan fingerprint density at radius 1 is 1.59 bits per heavy atom. The van der Waals surface area contributed by atoms with Crippen molar-refractivity contribution in [3.05, 3.63) is 39.7 Å². The van der Waals surface area contributed by atoms with Crippen LogP contribution in [0.25, 0.3) is 0 Å². The molecular weight excluding hydrogens is 312 g/mol. The van der Waals surface area contributed by atoms with Gasteiger partial charge in [0, 0.05) is 30.2 Å². The van der Waals surface area contributed by atoms with Crippen molar-refractivity contribution in [3.8, 4) is 11.9 Å². The molecule has 116 valence electrons. The van der Waals surface area contributed by atoms with Crippen LogP contribution < -0.4 is 9.47 Å². The lowest BCUT2D eigenvalue weighted by molar-refractivity contribution is -0.389. The van der Waals surface area contributed by atoms with Crippen LogP contribution in [0.3, 0.4) is 0 Å². The molecule has 1 unspecified atom stereocenters. The summed E-state index contributed by atoms with van der Waals surface area (Å²) in [6.45, 7) is 2.69. The van der Waals surface area contributed by atoms with E-state index < -0.39 is 10.5 Å². The van der Waals surface area contributed by atoms with Gasteiger partial charge in [0.15, 0.2) is 0 Å². The van der Waals surface area contributed by atoms with E-state index in [9.17, 15) is 10.1 Å². The van der Waals surface area contributed by atoms with Gasteiger partial charge < -0.3 is 19.6 Å². The van der Waals surface area contributed by atoms with E-state index in [1.807, 2.05) is 6.92 Å². The highest BCUT2D eigenvalue weighted by atomic mass is 35.5. The number of hydrogen-bond acceptors (Lipinski definition) is 6.